The number of hydrogen-bond acceptors (Lipinski definition) is 4. The third-order valence-corrected chi connectivity index (χ3v) is 6.14. The second-order valence-electron chi connectivity index (χ2n) is 8.30. The molecular weight excluding hydrogens is 491 g/mol. The second kappa shape index (κ2) is 13.2. The monoisotopic (exact) mass is 530 g/mol. The van der Waals surface area contributed by atoms with Gasteiger partial charge in [0.1, 0.15) is 17.6 Å². The molecule has 170 valence electrons. The van der Waals surface area contributed by atoms with Gasteiger partial charge in [0.25, 0.3) is 0 Å². The average Bonchev–Trinajstić information content (AvgIpc) is 2.78. The minimum absolute atomic E-state index is 0. The van der Waals surface area contributed by atoms with E-state index in [1.807, 2.05) is 31.3 Å². The van der Waals surface area contributed by atoms with Crippen LogP contribution in [0.4, 0.5) is 0 Å². The Kier molecular flexibility index (Phi) is 11.1. The number of nitrogens with zero attached hydrogens (tertiary/aromatic N) is 2. The molecule has 1 aliphatic heterocycles. The largest absolute Gasteiger partial charge is 0.497 e. The lowest BCUT2D eigenvalue weighted by atomic mass is 9.92. The molecule has 3 rings (SSSR count). The Morgan fingerprint density at radius 1 is 1.07 bits per heavy atom. The van der Waals surface area contributed by atoms with Gasteiger partial charge in [0, 0.05) is 32.2 Å². The Hall–Kier alpha value is -1.22. The van der Waals surface area contributed by atoms with Crippen LogP contribution >= 0.6 is 24.0 Å². The number of likely N-dealkylation sites (tertiary alicyclic amines) is 1. The van der Waals surface area contributed by atoms with E-state index in [1.54, 1.807) is 7.11 Å². The standard InChI is InChI=1S/C23H38N4O2.HI/c1-18(29-22-11-9-21(28-3)10-12-22)17-25-23(24-2)26-19-13-15-27(16-14-19)20-7-5-4-6-8-20;/h9-12,18-20H,4-8,13-17H2,1-3H3,(H2,24,25,26);1H. The molecule has 2 N–H and O–H groups in total. The van der Waals surface area contributed by atoms with Gasteiger partial charge in [-0.25, -0.2) is 0 Å². The first-order valence-electron chi connectivity index (χ1n) is 11.2. The van der Waals surface area contributed by atoms with Gasteiger partial charge in [-0.05, 0) is 56.9 Å². The molecule has 1 saturated carbocycles. The van der Waals surface area contributed by atoms with Crippen LogP contribution in [0.25, 0.3) is 0 Å². The Balaban J connectivity index is 0.00000320. The maximum absolute atomic E-state index is 5.97. The maximum atomic E-state index is 5.97. The van der Waals surface area contributed by atoms with Crippen LogP contribution in [0.15, 0.2) is 29.3 Å². The fraction of sp³-hybridized carbons (Fsp3) is 0.696. The van der Waals surface area contributed by atoms with Crippen LogP contribution < -0.4 is 20.1 Å². The van der Waals surface area contributed by atoms with Crippen molar-refractivity contribution in [3.63, 3.8) is 0 Å². The summed E-state index contributed by atoms with van der Waals surface area (Å²) in [5, 5.41) is 7.01. The van der Waals surface area contributed by atoms with E-state index >= 15 is 0 Å². The molecule has 1 heterocycles. The molecule has 1 aromatic rings. The van der Waals surface area contributed by atoms with E-state index in [1.165, 1.54) is 58.0 Å². The van der Waals surface area contributed by atoms with Crippen LogP contribution in [0.3, 0.4) is 0 Å². The third-order valence-electron chi connectivity index (χ3n) is 6.14. The molecule has 7 heteroatoms. The average molecular weight is 530 g/mol. The highest BCUT2D eigenvalue weighted by molar-refractivity contribution is 14.0. The van der Waals surface area contributed by atoms with Crippen LogP contribution in [0.1, 0.15) is 51.9 Å². The maximum Gasteiger partial charge on any atom is 0.191 e. The van der Waals surface area contributed by atoms with E-state index < -0.39 is 0 Å². The molecule has 2 aliphatic rings. The minimum Gasteiger partial charge on any atom is -0.497 e. The van der Waals surface area contributed by atoms with Crippen LogP contribution in [0.5, 0.6) is 11.5 Å². The molecular formula is C23H39IN4O2. The summed E-state index contributed by atoms with van der Waals surface area (Å²) in [6.45, 7) is 5.17. The summed E-state index contributed by atoms with van der Waals surface area (Å²) >= 11 is 0. The van der Waals surface area contributed by atoms with Gasteiger partial charge in [-0.2, -0.15) is 0 Å². The number of guanidine groups is 1. The Bertz CT molecular complexity index is 627. The van der Waals surface area contributed by atoms with Gasteiger partial charge in [-0.15, -0.1) is 24.0 Å². The summed E-state index contributed by atoms with van der Waals surface area (Å²) in [5.74, 6) is 2.55. The predicted molar refractivity (Wildman–Crippen MR) is 134 cm³/mol. The topological polar surface area (TPSA) is 58.1 Å². The first-order chi connectivity index (χ1) is 14.2. The second-order valence-corrected chi connectivity index (χ2v) is 8.30. The molecule has 0 spiro atoms. The minimum atomic E-state index is 0. The van der Waals surface area contributed by atoms with Crippen LogP contribution in [0.2, 0.25) is 0 Å². The lowest BCUT2D eigenvalue weighted by molar-refractivity contribution is 0.119. The van der Waals surface area contributed by atoms with Gasteiger partial charge in [-0.1, -0.05) is 19.3 Å². The molecule has 1 unspecified atom stereocenters. The summed E-state index contributed by atoms with van der Waals surface area (Å²) in [7, 11) is 3.50. The van der Waals surface area contributed by atoms with Gasteiger partial charge in [0.2, 0.25) is 0 Å². The van der Waals surface area contributed by atoms with E-state index in [0.29, 0.717) is 12.6 Å². The zero-order valence-electron chi connectivity index (χ0n) is 18.7. The summed E-state index contributed by atoms with van der Waals surface area (Å²) in [6, 6.07) is 9.02. The van der Waals surface area contributed by atoms with Gasteiger partial charge in [-0.3, -0.25) is 4.99 Å². The molecule has 0 amide bonds. The zero-order chi connectivity index (χ0) is 20.5. The first kappa shape index (κ1) is 25.0. The molecule has 30 heavy (non-hydrogen) atoms. The highest BCUT2D eigenvalue weighted by Crippen LogP contribution is 2.25. The number of benzene rings is 1. The van der Waals surface area contributed by atoms with E-state index in [-0.39, 0.29) is 30.1 Å². The number of nitrogens with one attached hydrogen (secondary N) is 2. The zero-order valence-corrected chi connectivity index (χ0v) is 21.1. The molecule has 0 radical (unpaired) electrons. The summed E-state index contributed by atoms with van der Waals surface area (Å²) in [4.78, 5) is 7.12. The number of hydrogen-bond donors (Lipinski definition) is 2. The van der Waals surface area contributed by atoms with Gasteiger partial charge in [0.05, 0.1) is 13.7 Å². The van der Waals surface area contributed by atoms with Crippen LogP contribution in [-0.2, 0) is 0 Å². The lowest BCUT2D eigenvalue weighted by Crippen LogP contribution is -2.51. The van der Waals surface area contributed by atoms with Crippen molar-refractivity contribution in [2.45, 2.75) is 70.1 Å². The summed E-state index contributed by atoms with van der Waals surface area (Å²) < 4.78 is 11.2. The lowest BCUT2D eigenvalue weighted by Gasteiger charge is -2.39. The number of methoxy groups -OCH3 is 1. The summed E-state index contributed by atoms with van der Waals surface area (Å²) in [6.07, 6.45) is 9.46. The molecule has 1 saturated heterocycles. The highest BCUT2D eigenvalue weighted by Gasteiger charge is 2.26. The quantitative estimate of drug-likeness (QED) is 0.317. The Morgan fingerprint density at radius 2 is 1.70 bits per heavy atom. The van der Waals surface area contributed by atoms with E-state index in [0.717, 1.165) is 23.5 Å². The van der Waals surface area contributed by atoms with Crippen LogP contribution in [0, 0.1) is 0 Å². The van der Waals surface area contributed by atoms with Crippen molar-refractivity contribution < 1.29 is 9.47 Å². The third kappa shape index (κ3) is 7.80. The normalized spacial score (nSPS) is 20.2. The van der Waals surface area contributed by atoms with Crippen molar-refractivity contribution >= 4 is 29.9 Å². The van der Waals surface area contributed by atoms with E-state index in [2.05, 4.69) is 27.4 Å². The fourth-order valence-corrected chi connectivity index (χ4v) is 4.41. The number of aliphatic imine (C=N–C) groups is 1. The van der Waals surface area contributed by atoms with E-state index in [9.17, 15) is 0 Å². The molecule has 1 aliphatic carbocycles. The molecule has 6 nitrogen and oxygen atoms in total. The first-order valence-corrected chi connectivity index (χ1v) is 11.2. The van der Waals surface area contributed by atoms with Gasteiger partial charge >= 0.3 is 0 Å². The predicted octanol–water partition coefficient (Wildman–Crippen LogP) is 4.04. The van der Waals surface area contributed by atoms with Gasteiger partial charge in [0.15, 0.2) is 5.96 Å². The smallest absolute Gasteiger partial charge is 0.191 e. The highest BCUT2D eigenvalue weighted by atomic mass is 127. The molecule has 2 fully saturated rings. The van der Waals surface area contributed by atoms with E-state index in [4.69, 9.17) is 9.47 Å². The number of piperidine rings is 1. The number of rotatable bonds is 7. The van der Waals surface area contributed by atoms with Crippen molar-refractivity contribution in [1.82, 2.24) is 15.5 Å². The van der Waals surface area contributed by atoms with Crippen molar-refractivity contribution in [2.75, 3.05) is 33.8 Å². The Labute approximate surface area is 199 Å². The van der Waals surface area contributed by atoms with Crippen molar-refractivity contribution in [3.8, 4) is 11.5 Å². The molecule has 0 bridgehead atoms. The molecule has 1 atom stereocenters. The van der Waals surface area contributed by atoms with Crippen molar-refractivity contribution in [1.29, 1.82) is 0 Å². The molecule has 0 aromatic heterocycles. The SMILES string of the molecule is CN=C(NCC(C)Oc1ccc(OC)cc1)NC1CCN(C2CCCCC2)CC1.I. The van der Waals surface area contributed by atoms with Crippen molar-refractivity contribution in [3.05, 3.63) is 24.3 Å². The van der Waals surface area contributed by atoms with Gasteiger partial charge < -0.3 is 25.0 Å². The Morgan fingerprint density at radius 3 is 2.30 bits per heavy atom. The number of ether oxygens (including phenoxy) is 2. The summed E-state index contributed by atoms with van der Waals surface area (Å²) in [5.41, 5.74) is 0. The van der Waals surface area contributed by atoms with Crippen LogP contribution in [-0.4, -0.2) is 62.8 Å². The fourth-order valence-electron chi connectivity index (χ4n) is 4.41. The number of halogens is 1. The molecule has 1 aromatic carbocycles. The van der Waals surface area contributed by atoms with Crippen molar-refractivity contribution in [2.24, 2.45) is 4.99 Å².